The van der Waals surface area contributed by atoms with Crippen molar-refractivity contribution in [3.63, 3.8) is 0 Å². The lowest BCUT2D eigenvalue weighted by molar-refractivity contribution is 0.142. The predicted molar refractivity (Wildman–Crippen MR) is 43.9 cm³/mol. The number of hydrogen-bond acceptors (Lipinski definition) is 4. The molecular formula is C7H9F2N3O. The molecule has 0 spiro atoms. The van der Waals surface area contributed by atoms with Crippen molar-refractivity contribution in [3.05, 3.63) is 17.3 Å². The molecule has 1 aromatic rings. The van der Waals surface area contributed by atoms with E-state index in [2.05, 4.69) is 4.98 Å². The highest BCUT2D eigenvalue weighted by Gasteiger charge is 2.17. The van der Waals surface area contributed by atoms with Crippen molar-refractivity contribution in [2.24, 2.45) is 0 Å². The Morgan fingerprint density at radius 2 is 2.08 bits per heavy atom. The van der Waals surface area contributed by atoms with Crippen LogP contribution in [0, 0.1) is 0 Å². The van der Waals surface area contributed by atoms with E-state index in [-0.39, 0.29) is 17.1 Å². The molecule has 0 saturated carbocycles. The van der Waals surface area contributed by atoms with Crippen LogP contribution in [0.3, 0.4) is 0 Å². The summed E-state index contributed by atoms with van der Waals surface area (Å²) in [5, 5.41) is 8.74. The number of rotatable bonds is 2. The molecule has 5 N–H and O–H groups in total. The normalized spacial score (nSPS) is 10.8. The second-order valence-electron chi connectivity index (χ2n) is 2.46. The molecule has 4 nitrogen and oxygen atoms in total. The molecule has 0 amide bonds. The Morgan fingerprint density at radius 3 is 2.54 bits per heavy atom. The number of pyridine rings is 1. The number of anilines is 2. The van der Waals surface area contributed by atoms with E-state index in [1.165, 1.54) is 6.07 Å². The zero-order valence-electron chi connectivity index (χ0n) is 6.67. The Hall–Kier alpha value is -1.43. The van der Waals surface area contributed by atoms with Gasteiger partial charge >= 0.3 is 0 Å². The molecule has 6 heteroatoms. The van der Waals surface area contributed by atoms with Crippen molar-refractivity contribution >= 4 is 11.5 Å². The number of halogens is 2. The molecule has 13 heavy (non-hydrogen) atoms. The first-order valence-electron chi connectivity index (χ1n) is 3.50. The van der Waals surface area contributed by atoms with Gasteiger partial charge in [-0.25, -0.2) is 13.8 Å². The molecule has 0 unspecified atom stereocenters. The summed E-state index contributed by atoms with van der Waals surface area (Å²) in [6.07, 6.45) is -2.78. The number of nitrogens with zero attached hydrogens (tertiary/aromatic N) is 1. The number of aliphatic hydroxyl groups excluding tert-OH is 1. The first kappa shape index (κ1) is 9.66. The lowest BCUT2D eigenvalue weighted by atomic mass is 10.1. The number of nitrogens with two attached hydrogens (primary N) is 2. The van der Waals surface area contributed by atoms with Gasteiger partial charge in [-0.3, -0.25) is 0 Å². The quantitative estimate of drug-likeness (QED) is 0.638. The topological polar surface area (TPSA) is 85.2 Å². The Bertz CT molecular complexity index is 317. The van der Waals surface area contributed by atoms with Gasteiger partial charge in [0.25, 0.3) is 6.43 Å². The second-order valence-corrected chi connectivity index (χ2v) is 2.46. The Kier molecular flexibility index (Phi) is 2.62. The van der Waals surface area contributed by atoms with E-state index in [0.717, 1.165) is 0 Å². The van der Waals surface area contributed by atoms with Crippen LogP contribution in [0.1, 0.15) is 17.7 Å². The van der Waals surface area contributed by atoms with E-state index in [1.54, 1.807) is 0 Å². The molecule has 0 aliphatic carbocycles. The zero-order valence-corrected chi connectivity index (χ0v) is 6.67. The SMILES string of the molecule is Nc1cc(N)c(CO)c(C(F)F)n1. The Labute approximate surface area is 73.2 Å². The largest absolute Gasteiger partial charge is 0.398 e. The third-order valence-electron chi connectivity index (χ3n) is 1.58. The minimum absolute atomic E-state index is 0.0327. The standard InChI is InChI=1S/C7H9F2N3O/c8-7(9)6-3(2-13)4(10)1-5(11)12-6/h1,7,13H,2H2,(H4,10,11,12). The number of aliphatic hydroxyl groups is 1. The molecule has 0 aliphatic heterocycles. The zero-order chi connectivity index (χ0) is 10.0. The lowest BCUT2D eigenvalue weighted by Crippen LogP contribution is -2.06. The van der Waals surface area contributed by atoms with E-state index in [4.69, 9.17) is 16.6 Å². The van der Waals surface area contributed by atoms with Crippen molar-refractivity contribution in [2.45, 2.75) is 13.0 Å². The average Bonchev–Trinajstić information content (AvgIpc) is 2.02. The third-order valence-corrected chi connectivity index (χ3v) is 1.58. The molecule has 1 rings (SSSR count). The highest BCUT2D eigenvalue weighted by molar-refractivity contribution is 5.55. The maximum absolute atomic E-state index is 12.3. The fraction of sp³-hybridized carbons (Fsp3) is 0.286. The molecule has 0 aromatic carbocycles. The number of aromatic nitrogens is 1. The van der Waals surface area contributed by atoms with Gasteiger partial charge in [0, 0.05) is 17.3 Å². The Morgan fingerprint density at radius 1 is 1.46 bits per heavy atom. The van der Waals surface area contributed by atoms with Crippen LogP contribution in [0.15, 0.2) is 6.07 Å². The minimum Gasteiger partial charge on any atom is -0.398 e. The molecule has 0 fully saturated rings. The summed E-state index contributed by atoms with van der Waals surface area (Å²) < 4.78 is 24.6. The molecule has 0 atom stereocenters. The molecule has 0 aliphatic rings. The summed E-state index contributed by atoms with van der Waals surface area (Å²) in [6.45, 7) is -0.571. The summed E-state index contributed by atoms with van der Waals surface area (Å²) >= 11 is 0. The molecule has 0 saturated heterocycles. The maximum atomic E-state index is 12.3. The van der Waals surface area contributed by atoms with Crippen LogP contribution in [0.5, 0.6) is 0 Å². The van der Waals surface area contributed by atoms with Gasteiger partial charge in [-0.1, -0.05) is 0 Å². The molecule has 1 heterocycles. The van der Waals surface area contributed by atoms with Gasteiger partial charge in [-0.2, -0.15) is 0 Å². The minimum atomic E-state index is -2.78. The fourth-order valence-electron chi connectivity index (χ4n) is 0.986. The van der Waals surface area contributed by atoms with Crippen molar-refractivity contribution in [1.29, 1.82) is 0 Å². The van der Waals surface area contributed by atoms with Gasteiger partial charge in [0.15, 0.2) is 0 Å². The molecule has 0 bridgehead atoms. The van der Waals surface area contributed by atoms with Gasteiger partial charge in [0.1, 0.15) is 11.5 Å². The summed E-state index contributed by atoms with van der Waals surface area (Å²) in [7, 11) is 0. The third kappa shape index (κ3) is 1.83. The van der Waals surface area contributed by atoms with Gasteiger partial charge in [-0.15, -0.1) is 0 Å². The summed E-state index contributed by atoms with van der Waals surface area (Å²) in [5.74, 6) is -0.0787. The van der Waals surface area contributed by atoms with Gasteiger partial charge < -0.3 is 16.6 Å². The monoisotopic (exact) mass is 189 g/mol. The second kappa shape index (κ2) is 3.53. The summed E-state index contributed by atoms with van der Waals surface area (Å²) in [5.41, 5.74) is 9.98. The Balaban J connectivity index is 3.29. The van der Waals surface area contributed by atoms with Gasteiger partial charge in [-0.05, 0) is 0 Å². The van der Waals surface area contributed by atoms with E-state index in [1.807, 2.05) is 0 Å². The van der Waals surface area contributed by atoms with Gasteiger partial charge in [0.2, 0.25) is 0 Å². The number of hydrogen-bond donors (Lipinski definition) is 3. The number of nitrogen functional groups attached to an aromatic ring is 2. The summed E-state index contributed by atoms with van der Waals surface area (Å²) in [6, 6.07) is 1.23. The van der Waals surface area contributed by atoms with Gasteiger partial charge in [0.05, 0.1) is 6.61 Å². The van der Waals surface area contributed by atoms with E-state index >= 15 is 0 Å². The molecular weight excluding hydrogens is 180 g/mol. The molecule has 1 aromatic heterocycles. The first-order valence-corrected chi connectivity index (χ1v) is 3.50. The van der Waals surface area contributed by atoms with Crippen LogP contribution in [0.25, 0.3) is 0 Å². The number of alkyl halides is 2. The fourth-order valence-corrected chi connectivity index (χ4v) is 0.986. The molecule has 72 valence electrons. The van der Waals surface area contributed by atoms with Crippen molar-refractivity contribution in [2.75, 3.05) is 11.5 Å². The smallest absolute Gasteiger partial charge is 0.280 e. The molecule has 0 radical (unpaired) electrons. The van der Waals surface area contributed by atoms with Crippen LogP contribution >= 0.6 is 0 Å². The van der Waals surface area contributed by atoms with Crippen LogP contribution in [0.4, 0.5) is 20.3 Å². The van der Waals surface area contributed by atoms with E-state index in [9.17, 15) is 8.78 Å². The maximum Gasteiger partial charge on any atom is 0.280 e. The van der Waals surface area contributed by atoms with Crippen LogP contribution in [-0.4, -0.2) is 10.1 Å². The van der Waals surface area contributed by atoms with E-state index in [0.29, 0.717) is 0 Å². The average molecular weight is 189 g/mol. The highest BCUT2D eigenvalue weighted by Crippen LogP contribution is 2.26. The first-order chi connectivity index (χ1) is 6.06. The lowest BCUT2D eigenvalue weighted by Gasteiger charge is -2.09. The van der Waals surface area contributed by atoms with Crippen LogP contribution in [-0.2, 0) is 6.61 Å². The van der Waals surface area contributed by atoms with Crippen molar-refractivity contribution in [3.8, 4) is 0 Å². The van der Waals surface area contributed by atoms with Crippen LogP contribution < -0.4 is 11.5 Å². The summed E-state index contributed by atoms with van der Waals surface area (Å²) in [4.78, 5) is 3.39. The van der Waals surface area contributed by atoms with E-state index < -0.39 is 18.7 Å². The highest BCUT2D eigenvalue weighted by atomic mass is 19.3. The predicted octanol–water partition coefficient (Wildman–Crippen LogP) is 0.676. The van der Waals surface area contributed by atoms with Crippen LogP contribution in [0.2, 0.25) is 0 Å². The van der Waals surface area contributed by atoms with Crippen molar-refractivity contribution < 1.29 is 13.9 Å². The van der Waals surface area contributed by atoms with Crippen molar-refractivity contribution in [1.82, 2.24) is 4.98 Å².